The Hall–Kier alpha value is -2.01. The predicted molar refractivity (Wildman–Crippen MR) is 95.2 cm³/mol. The molecule has 1 fully saturated rings. The van der Waals surface area contributed by atoms with E-state index in [2.05, 4.69) is 34.3 Å². The fourth-order valence-electron chi connectivity index (χ4n) is 3.80. The van der Waals surface area contributed by atoms with Gasteiger partial charge in [0.25, 0.3) is 0 Å². The summed E-state index contributed by atoms with van der Waals surface area (Å²) in [5.41, 5.74) is 3.58. The van der Waals surface area contributed by atoms with Crippen molar-refractivity contribution in [2.45, 2.75) is 45.1 Å². The van der Waals surface area contributed by atoms with Gasteiger partial charge in [0.1, 0.15) is 11.6 Å². The van der Waals surface area contributed by atoms with E-state index in [-0.39, 0.29) is 0 Å². The van der Waals surface area contributed by atoms with Crippen molar-refractivity contribution in [3.05, 3.63) is 47.2 Å². The monoisotopic (exact) mass is 323 g/mol. The number of aromatic nitrogens is 3. The van der Waals surface area contributed by atoms with E-state index < -0.39 is 0 Å². The molecule has 24 heavy (non-hydrogen) atoms. The fourth-order valence-corrected chi connectivity index (χ4v) is 3.80. The normalized spacial score (nSPS) is 20.7. The van der Waals surface area contributed by atoms with Crippen LogP contribution in [0.25, 0.3) is 0 Å². The highest BCUT2D eigenvalue weighted by Crippen LogP contribution is 2.31. The summed E-state index contributed by atoms with van der Waals surface area (Å²) >= 11 is 0. The highest BCUT2D eigenvalue weighted by Gasteiger charge is 2.25. The molecular formula is C19H25N5. The second-order valence-electron chi connectivity index (χ2n) is 6.86. The van der Waals surface area contributed by atoms with Gasteiger partial charge in [0, 0.05) is 36.5 Å². The van der Waals surface area contributed by atoms with Crippen LogP contribution in [0.3, 0.4) is 0 Å². The lowest BCUT2D eigenvalue weighted by atomic mass is 9.97. The number of piperidine rings is 1. The topological polar surface area (TPSA) is 53.9 Å². The number of hydrogen-bond acceptors (Lipinski definition) is 5. The maximum absolute atomic E-state index is 5.02. The van der Waals surface area contributed by atoms with Crippen LogP contribution in [0.15, 0.2) is 24.4 Å². The quantitative estimate of drug-likeness (QED) is 0.941. The molecule has 0 bridgehead atoms. The Labute approximate surface area is 143 Å². The minimum Gasteiger partial charge on any atom is -0.350 e. The second-order valence-corrected chi connectivity index (χ2v) is 6.86. The van der Waals surface area contributed by atoms with Gasteiger partial charge in [-0.3, -0.25) is 4.98 Å². The molecule has 1 saturated heterocycles. The van der Waals surface area contributed by atoms with Gasteiger partial charge in [-0.1, -0.05) is 6.07 Å². The maximum Gasteiger partial charge on any atom is 0.136 e. The van der Waals surface area contributed by atoms with E-state index in [1.54, 1.807) is 0 Å². The Morgan fingerprint density at radius 2 is 2.21 bits per heavy atom. The maximum atomic E-state index is 5.02. The lowest BCUT2D eigenvalue weighted by Crippen LogP contribution is -2.33. The fraction of sp³-hybridized carbons (Fsp3) is 0.526. The summed E-state index contributed by atoms with van der Waals surface area (Å²) in [4.78, 5) is 16.8. The molecule has 2 aromatic heterocycles. The van der Waals surface area contributed by atoms with Gasteiger partial charge in [0.05, 0.1) is 12.2 Å². The molecule has 1 N–H and O–H groups in total. The molecule has 4 heterocycles. The number of pyridine rings is 1. The van der Waals surface area contributed by atoms with Crippen LogP contribution in [0.1, 0.15) is 48.0 Å². The summed E-state index contributed by atoms with van der Waals surface area (Å²) < 4.78 is 0. The van der Waals surface area contributed by atoms with E-state index in [1.165, 1.54) is 18.4 Å². The molecule has 4 rings (SSSR count). The van der Waals surface area contributed by atoms with Crippen LogP contribution < -0.4 is 10.2 Å². The summed E-state index contributed by atoms with van der Waals surface area (Å²) in [6.45, 7) is 6.13. The third-order valence-electron chi connectivity index (χ3n) is 5.10. The van der Waals surface area contributed by atoms with E-state index >= 15 is 0 Å². The predicted octanol–water partition coefficient (Wildman–Crippen LogP) is 2.60. The van der Waals surface area contributed by atoms with Crippen LogP contribution in [-0.2, 0) is 13.0 Å². The van der Waals surface area contributed by atoms with Crippen molar-refractivity contribution in [2.24, 2.45) is 0 Å². The Kier molecular flexibility index (Phi) is 4.43. The highest BCUT2D eigenvalue weighted by atomic mass is 15.2. The lowest BCUT2D eigenvalue weighted by Gasteiger charge is -2.32. The zero-order valence-electron chi connectivity index (χ0n) is 14.3. The molecule has 0 aromatic carbocycles. The zero-order valence-corrected chi connectivity index (χ0v) is 14.3. The number of nitrogens with zero attached hydrogens (tertiary/aromatic N) is 4. The van der Waals surface area contributed by atoms with E-state index in [4.69, 9.17) is 9.97 Å². The standard InChI is InChI=1S/C19H25N5/c1-14-17-8-5-11-24(13-16-7-2-3-10-21-16)19(17)23-18(22-14)15-6-4-9-20-12-15/h2-3,7,10,15,20H,4-6,8-9,11-13H2,1H3/t15-/m0/s1. The summed E-state index contributed by atoms with van der Waals surface area (Å²) in [6.07, 6.45) is 6.51. The van der Waals surface area contributed by atoms with E-state index in [1.807, 2.05) is 12.3 Å². The number of aryl methyl sites for hydroxylation is 1. The summed E-state index contributed by atoms with van der Waals surface area (Å²) in [7, 11) is 0. The Balaban J connectivity index is 1.65. The average Bonchev–Trinajstić information content (AvgIpc) is 2.64. The molecule has 5 heteroatoms. The first kappa shape index (κ1) is 15.5. The van der Waals surface area contributed by atoms with Gasteiger partial charge in [-0.25, -0.2) is 9.97 Å². The average molecular weight is 323 g/mol. The van der Waals surface area contributed by atoms with Crippen LogP contribution >= 0.6 is 0 Å². The lowest BCUT2D eigenvalue weighted by molar-refractivity contribution is 0.444. The number of rotatable bonds is 3. The van der Waals surface area contributed by atoms with Crippen molar-refractivity contribution in [3.8, 4) is 0 Å². The third-order valence-corrected chi connectivity index (χ3v) is 5.10. The highest BCUT2D eigenvalue weighted by molar-refractivity contribution is 5.51. The smallest absolute Gasteiger partial charge is 0.136 e. The van der Waals surface area contributed by atoms with Crippen LogP contribution in [0.5, 0.6) is 0 Å². The van der Waals surface area contributed by atoms with Gasteiger partial charge in [-0.2, -0.15) is 0 Å². The SMILES string of the molecule is Cc1nc([C@H]2CCCNC2)nc2c1CCCN2Cc1ccccn1. The van der Waals surface area contributed by atoms with Crippen LogP contribution in [0, 0.1) is 6.92 Å². The Morgan fingerprint density at radius 3 is 3.00 bits per heavy atom. The first-order valence-electron chi connectivity index (χ1n) is 9.04. The van der Waals surface area contributed by atoms with Crippen LogP contribution in [0.4, 0.5) is 5.82 Å². The largest absolute Gasteiger partial charge is 0.350 e. The van der Waals surface area contributed by atoms with Gasteiger partial charge in [0.2, 0.25) is 0 Å². The molecular weight excluding hydrogens is 298 g/mol. The number of anilines is 1. The van der Waals surface area contributed by atoms with Gasteiger partial charge >= 0.3 is 0 Å². The molecule has 2 aromatic rings. The Morgan fingerprint density at radius 1 is 1.25 bits per heavy atom. The molecule has 2 aliphatic heterocycles. The molecule has 0 unspecified atom stereocenters. The molecule has 5 nitrogen and oxygen atoms in total. The molecule has 2 aliphatic rings. The van der Waals surface area contributed by atoms with Crippen molar-refractivity contribution < 1.29 is 0 Å². The molecule has 1 atom stereocenters. The van der Waals surface area contributed by atoms with Crippen LogP contribution in [-0.4, -0.2) is 34.6 Å². The van der Waals surface area contributed by atoms with E-state index in [0.29, 0.717) is 5.92 Å². The zero-order chi connectivity index (χ0) is 16.4. The van der Waals surface area contributed by atoms with Crippen molar-refractivity contribution in [3.63, 3.8) is 0 Å². The van der Waals surface area contributed by atoms with Gasteiger partial charge < -0.3 is 10.2 Å². The van der Waals surface area contributed by atoms with Gasteiger partial charge in [-0.05, 0) is 51.3 Å². The molecule has 0 spiro atoms. The van der Waals surface area contributed by atoms with Crippen molar-refractivity contribution in [1.29, 1.82) is 0 Å². The minimum absolute atomic E-state index is 0.446. The number of hydrogen-bond donors (Lipinski definition) is 1. The first-order chi connectivity index (χ1) is 11.8. The Bertz CT molecular complexity index is 694. The van der Waals surface area contributed by atoms with Gasteiger partial charge in [0.15, 0.2) is 0 Å². The molecule has 0 saturated carbocycles. The summed E-state index contributed by atoms with van der Waals surface area (Å²) in [5.74, 6) is 2.60. The minimum atomic E-state index is 0.446. The van der Waals surface area contributed by atoms with Crippen molar-refractivity contribution in [2.75, 3.05) is 24.5 Å². The molecule has 126 valence electrons. The van der Waals surface area contributed by atoms with Crippen molar-refractivity contribution >= 4 is 5.82 Å². The summed E-state index contributed by atoms with van der Waals surface area (Å²) in [5, 5.41) is 3.48. The number of fused-ring (bicyclic) bond motifs is 1. The molecule has 0 aliphatic carbocycles. The third kappa shape index (κ3) is 3.13. The first-order valence-corrected chi connectivity index (χ1v) is 9.04. The molecule has 0 radical (unpaired) electrons. The van der Waals surface area contributed by atoms with E-state index in [0.717, 1.165) is 62.1 Å². The molecule has 0 amide bonds. The van der Waals surface area contributed by atoms with E-state index in [9.17, 15) is 0 Å². The van der Waals surface area contributed by atoms with Crippen molar-refractivity contribution in [1.82, 2.24) is 20.3 Å². The van der Waals surface area contributed by atoms with Gasteiger partial charge in [-0.15, -0.1) is 0 Å². The summed E-state index contributed by atoms with van der Waals surface area (Å²) in [6, 6.07) is 6.11. The van der Waals surface area contributed by atoms with Crippen LogP contribution in [0.2, 0.25) is 0 Å². The number of nitrogens with one attached hydrogen (secondary N) is 1. The second kappa shape index (κ2) is 6.85.